The number of nitro benzene ring substituents is 1. The van der Waals surface area contributed by atoms with Crippen LogP contribution in [0.2, 0.25) is 0 Å². The summed E-state index contributed by atoms with van der Waals surface area (Å²) in [4.78, 5) is 24.3. The molecule has 0 atom stereocenters. The van der Waals surface area contributed by atoms with Crippen LogP contribution in [0.5, 0.6) is 0 Å². The average molecular weight is 389 g/mol. The van der Waals surface area contributed by atoms with Gasteiger partial charge in [-0.05, 0) is 61.9 Å². The number of nitrogens with one attached hydrogen (secondary N) is 2. The highest BCUT2D eigenvalue weighted by atomic mass is 32.2. The summed E-state index contributed by atoms with van der Waals surface area (Å²) >= 11 is 0. The van der Waals surface area contributed by atoms with E-state index in [9.17, 15) is 23.3 Å². The van der Waals surface area contributed by atoms with Gasteiger partial charge in [-0.2, -0.15) is 0 Å². The summed E-state index contributed by atoms with van der Waals surface area (Å²) in [6.45, 7) is 1.51. The molecule has 0 aliphatic heterocycles. The van der Waals surface area contributed by atoms with Crippen molar-refractivity contribution in [1.29, 1.82) is 0 Å². The van der Waals surface area contributed by atoms with Crippen LogP contribution < -0.4 is 10.3 Å². The zero-order valence-electron chi connectivity index (χ0n) is 14.7. The first-order chi connectivity index (χ1) is 12.8. The van der Waals surface area contributed by atoms with Gasteiger partial charge in [0, 0.05) is 17.2 Å². The second-order valence-electron chi connectivity index (χ2n) is 6.46. The second-order valence-corrected chi connectivity index (χ2v) is 8.14. The number of rotatable bonds is 5. The lowest BCUT2D eigenvalue weighted by Crippen LogP contribution is -2.41. The van der Waals surface area contributed by atoms with Crippen LogP contribution in [0.25, 0.3) is 0 Å². The molecule has 0 spiro atoms. The summed E-state index contributed by atoms with van der Waals surface area (Å²) in [5.41, 5.74) is 4.87. The molecule has 2 aromatic carbocycles. The van der Waals surface area contributed by atoms with E-state index in [0.717, 1.165) is 37.3 Å². The molecule has 0 unspecified atom stereocenters. The number of carbonyl (C=O) groups excluding carboxylic acids is 1. The van der Waals surface area contributed by atoms with Crippen LogP contribution in [-0.4, -0.2) is 19.2 Å². The topological polar surface area (TPSA) is 118 Å². The molecule has 0 fully saturated rings. The molecule has 27 heavy (non-hydrogen) atoms. The van der Waals surface area contributed by atoms with Crippen LogP contribution in [0.4, 0.5) is 5.69 Å². The third kappa shape index (κ3) is 4.15. The maximum absolute atomic E-state index is 12.3. The minimum absolute atomic E-state index is 0.300. The number of carbonyl (C=O) groups is 1. The highest BCUT2D eigenvalue weighted by Gasteiger charge is 2.21. The summed E-state index contributed by atoms with van der Waals surface area (Å²) in [5.74, 6) is -0.589. The Balaban J connectivity index is 1.74. The normalized spacial score (nSPS) is 13.7. The number of aryl methyl sites for hydroxylation is 3. The van der Waals surface area contributed by atoms with E-state index in [1.165, 1.54) is 24.6 Å². The summed E-state index contributed by atoms with van der Waals surface area (Å²) in [7, 11) is -4.14. The van der Waals surface area contributed by atoms with E-state index >= 15 is 0 Å². The van der Waals surface area contributed by atoms with Gasteiger partial charge in [0.15, 0.2) is 0 Å². The molecule has 3 rings (SSSR count). The van der Waals surface area contributed by atoms with E-state index < -0.39 is 20.9 Å². The fourth-order valence-corrected chi connectivity index (χ4v) is 3.93. The highest BCUT2D eigenvalue weighted by molar-refractivity contribution is 7.89. The Bertz CT molecular complexity index is 1020. The number of fused-ring (bicyclic) bond motifs is 1. The Morgan fingerprint density at radius 1 is 1.07 bits per heavy atom. The molecule has 0 aromatic heterocycles. The monoisotopic (exact) mass is 389 g/mol. The van der Waals surface area contributed by atoms with E-state index in [1.54, 1.807) is 12.1 Å². The van der Waals surface area contributed by atoms with Crippen LogP contribution in [0.15, 0.2) is 41.3 Å². The van der Waals surface area contributed by atoms with Crippen molar-refractivity contribution in [2.24, 2.45) is 0 Å². The molecule has 142 valence electrons. The third-order valence-corrected chi connectivity index (χ3v) is 5.84. The first kappa shape index (κ1) is 19.0. The summed E-state index contributed by atoms with van der Waals surface area (Å²) in [6.07, 6.45) is 4.07. The molecule has 0 radical (unpaired) electrons. The van der Waals surface area contributed by atoms with Crippen molar-refractivity contribution in [3.8, 4) is 0 Å². The van der Waals surface area contributed by atoms with E-state index in [1.807, 2.05) is 10.9 Å². The number of nitro groups is 1. The van der Waals surface area contributed by atoms with Gasteiger partial charge in [0.25, 0.3) is 21.6 Å². The van der Waals surface area contributed by atoms with Gasteiger partial charge in [0.05, 0.1) is 9.82 Å². The molecule has 9 heteroatoms. The minimum atomic E-state index is -4.14. The molecule has 0 heterocycles. The predicted octanol–water partition coefficient (Wildman–Crippen LogP) is 2.41. The third-order valence-electron chi connectivity index (χ3n) is 4.60. The van der Waals surface area contributed by atoms with Crippen LogP contribution in [0.3, 0.4) is 0 Å². The Morgan fingerprint density at radius 3 is 2.48 bits per heavy atom. The zero-order chi connectivity index (χ0) is 19.6. The Morgan fingerprint density at radius 2 is 1.78 bits per heavy atom. The molecule has 0 bridgehead atoms. The molecule has 8 nitrogen and oxygen atoms in total. The first-order valence-electron chi connectivity index (χ1n) is 8.47. The van der Waals surface area contributed by atoms with Crippen molar-refractivity contribution in [2.75, 3.05) is 0 Å². The quantitative estimate of drug-likeness (QED) is 0.601. The number of hydrogen-bond donors (Lipinski definition) is 2. The first-order valence-corrected chi connectivity index (χ1v) is 9.95. The minimum Gasteiger partial charge on any atom is -0.273 e. The van der Waals surface area contributed by atoms with Gasteiger partial charge in [0.1, 0.15) is 0 Å². The molecule has 0 saturated carbocycles. The van der Waals surface area contributed by atoms with Gasteiger partial charge in [0.2, 0.25) is 0 Å². The van der Waals surface area contributed by atoms with Crippen molar-refractivity contribution in [3.63, 3.8) is 0 Å². The number of amides is 1. The van der Waals surface area contributed by atoms with Crippen molar-refractivity contribution < 1.29 is 18.1 Å². The SMILES string of the molecule is Cc1ccc(S(=O)(=O)NNC(=O)c2ccc3c(c2)CCCC3)cc1[N+](=O)[O-]. The number of benzene rings is 2. The van der Waals surface area contributed by atoms with E-state index in [4.69, 9.17) is 0 Å². The molecule has 1 aliphatic carbocycles. The fraction of sp³-hybridized carbons (Fsp3) is 0.278. The predicted molar refractivity (Wildman–Crippen MR) is 98.7 cm³/mol. The molecule has 2 N–H and O–H groups in total. The van der Waals surface area contributed by atoms with Gasteiger partial charge in [-0.15, -0.1) is 4.83 Å². The smallest absolute Gasteiger partial charge is 0.273 e. The standard InChI is InChI=1S/C18H19N3O5S/c1-12-6-9-16(11-17(12)21(23)24)27(25,26)20-19-18(22)15-8-7-13-4-2-3-5-14(13)10-15/h6-11,20H,2-5H2,1H3,(H,19,22). The summed E-state index contributed by atoms with van der Waals surface area (Å²) in [6, 6.07) is 8.87. The van der Waals surface area contributed by atoms with Gasteiger partial charge < -0.3 is 0 Å². The highest BCUT2D eigenvalue weighted by Crippen LogP contribution is 2.23. The van der Waals surface area contributed by atoms with Gasteiger partial charge in [-0.25, -0.2) is 8.42 Å². The maximum atomic E-state index is 12.3. The molecule has 0 saturated heterocycles. The Kier molecular flexibility index (Phi) is 5.24. The number of hydrogen-bond acceptors (Lipinski definition) is 5. The van der Waals surface area contributed by atoms with Crippen LogP contribution >= 0.6 is 0 Å². The number of sulfonamides is 1. The van der Waals surface area contributed by atoms with Crippen molar-refractivity contribution in [1.82, 2.24) is 10.3 Å². The zero-order valence-corrected chi connectivity index (χ0v) is 15.5. The van der Waals surface area contributed by atoms with Crippen molar-refractivity contribution >= 4 is 21.6 Å². The Hall–Kier alpha value is -2.78. The Labute approximate surface area is 156 Å². The fourth-order valence-electron chi connectivity index (χ4n) is 3.07. The van der Waals surface area contributed by atoms with Crippen LogP contribution in [0, 0.1) is 17.0 Å². The molecular formula is C18H19N3O5S. The van der Waals surface area contributed by atoms with E-state index in [2.05, 4.69) is 5.43 Å². The lowest BCUT2D eigenvalue weighted by Gasteiger charge is -2.16. The largest absolute Gasteiger partial charge is 0.273 e. The molecule has 1 aliphatic rings. The summed E-state index contributed by atoms with van der Waals surface area (Å²) < 4.78 is 24.7. The lowest BCUT2D eigenvalue weighted by atomic mass is 9.90. The van der Waals surface area contributed by atoms with Crippen LogP contribution in [-0.2, 0) is 22.9 Å². The van der Waals surface area contributed by atoms with E-state index in [0.29, 0.717) is 11.1 Å². The van der Waals surface area contributed by atoms with Gasteiger partial charge in [-0.3, -0.25) is 20.3 Å². The van der Waals surface area contributed by atoms with Crippen molar-refractivity contribution in [3.05, 3.63) is 68.8 Å². The molecule has 1 amide bonds. The second kappa shape index (κ2) is 7.45. The molecule has 2 aromatic rings. The number of hydrazine groups is 1. The van der Waals surface area contributed by atoms with E-state index in [-0.39, 0.29) is 10.6 Å². The van der Waals surface area contributed by atoms with Gasteiger partial charge >= 0.3 is 0 Å². The lowest BCUT2D eigenvalue weighted by molar-refractivity contribution is -0.385. The van der Waals surface area contributed by atoms with Crippen LogP contribution in [0.1, 0.15) is 39.9 Å². The maximum Gasteiger partial charge on any atom is 0.273 e. The average Bonchev–Trinajstić information content (AvgIpc) is 2.65. The van der Waals surface area contributed by atoms with Crippen molar-refractivity contribution in [2.45, 2.75) is 37.5 Å². The molecular weight excluding hydrogens is 370 g/mol. The van der Waals surface area contributed by atoms with Gasteiger partial charge in [-0.1, -0.05) is 12.1 Å². The number of nitrogens with zero attached hydrogens (tertiary/aromatic N) is 1. The summed E-state index contributed by atoms with van der Waals surface area (Å²) in [5, 5.41) is 11.0.